The standard InChI is InChI=1S/C20H30N2Si/c1-13(2)23(14(3)4)18-12-21(7)17-11-15-9-8-10-16(20(23,5)6)19(15)22(17)18/h8-10,12-14,17H,11H2,1-7H3/i7D3. The Balaban J connectivity index is 2.09. The van der Waals surface area contributed by atoms with Crippen molar-refractivity contribution in [3.05, 3.63) is 40.8 Å². The molecule has 0 saturated heterocycles. The molecule has 2 nitrogen and oxygen atoms in total. The minimum atomic E-state index is -2.10. The summed E-state index contributed by atoms with van der Waals surface area (Å²) >= 11 is 0. The van der Waals surface area contributed by atoms with Crippen LogP contribution in [0.5, 0.6) is 0 Å². The molecule has 0 bridgehead atoms. The van der Waals surface area contributed by atoms with E-state index in [1.165, 1.54) is 22.1 Å². The van der Waals surface area contributed by atoms with Crippen LogP contribution in [0.1, 0.15) is 56.8 Å². The van der Waals surface area contributed by atoms with Crippen molar-refractivity contribution in [1.29, 1.82) is 0 Å². The molecule has 3 aliphatic heterocycles. The van der Waals surface area contributed by atoms with E-state index >= 15 is 0 Å². The Kier molecular flexibility index (Phi) is 2.35. The topological polar surface area (TPSA) is 6.48 Å². The highest BCUT2D eigenvalue weighted by atomic mass is 28.3. The van der Waals surface area contributed by atoms with E-state index in [4.69, 9.17) is 4.11 Å². The van der Waals surface area contributed by atoms with Gasteiger partial charge in [0.1, 0.15) is 14.2 Å². The Bertz CT molecular complexity index is 787. The molecule has 0 amide bonds. The molecule has 1 unspecified atom stereocenters. The van der Waals surface area contributed by atoms with Gasteiger partial charge in [-0.05, 0) is 27.2 Å². The smallest absolute Gasteiger partial charge is 0.125 e. The van der Waals surface area contributed by atoms with Gasteiger partial charge in [0.15, 0.2) is 0 Å². The molecular formula is C20H30N2Si. The van der Waals surface area contributed by atoms with Gasteiger partial charge in [0.25, 0.3) is 0 Å². The van der Waals surface area contributed by atoms with Crippen molar-refractivity contribution >= 4 is 13.8 Å². The van der Waals surface area contributed by atoms with Crippen LogP contribution in [0.2, 0.25) is 11.1 Å². The van der Waals surface area contributed by atoms with Crippen LogP contribution in [0.3, 0.4) is 0 Å². The number of para-hydroxylation sites is 1. The van der Waals surface area contributed by atoms with E-state index in [0.717, 1.165) is 6.42 Å². The third-order valence-electron chi connectivity index (χ3n) is 6.86. The number of rotatable bonds is 2. The molecule has 0 aromatic heterocycles. The summed E-state index contributed by atoms with van der Waals surface area (Å²) in [6.45, 7) is 12.1. The number of likely N-dealkylation sites (N-methyl/N-ethyl adjacent to an activating group) is 1. The van der Waals surface area contributed by atoms with Crippen LogP contribution in [0.4, 0.5) is 5.69 Å². The quantitative estimate of drug-likeness (QED) is 0.719. The summed E-state index contributed by atoms with van der Waals surface area (Å²) in [5.74, 6) is 0. The average Bonchev–Trinajstić information content (AvgIpc) is 3.03. The van der Waals surface area contributed by atoms with E-state index in [1.807, 2.05) is 6.20 Å². The van der Waals surface area contributed by atoms with Crippen molar-refractivity contribution in [2.24, 2.45) is 0 Å². The van der Waals surface area contributed by atoms with Crippen LogP contribution in [0, 0.1) is 0 Å². The van der Waals surface area contributed by atoms with Crippen LogP contribution in [-0.4, -0.2) is 26.1 Å². The first-order valence-electron chi connectivity index (χ1n) is 10.4. The largest absolute Gasteiger partial charge is 0.359 e. The molecule has 3 heteroatoms. The second-order valence-corrected chi connectivity index (χ2v) is 14.4. The molecule has 0 saturated carbocycles. The molecule has 3 aliphatic rings. The van der Waals surface area contributed by atoms with Gasteiger partial charge in [-0.15, -0.1) is 0 Å². The number of nitrogens with zero attached hydrogens (tertiary/aromatic N) is 2. The van der Waals surface area contributed by atoms with Crippen LogP contribution in [0.25, 0.3) is 0 Å². The maximum absolute atomic E-state index is 8.12. The monoisotopic (exact) mass is 329 g/mol. The van der Waals surface area contributed by atoms with Gasteiger partial charge in [-0.2, -0.15) is 0 Å². The Hall–Kier alpha value is -1.22. The van der Waals surface area contributed by atoms with Crippen molar-refractivity contribution in [3.8, 4) is 0 Å². The van der Waals surface area contributed by atoms with Gasteiger partial charge in [-0.3, -0.25) is 0 Å². The van der Waals surface area contributed by atoms with E-state index in [0.29, 0.717) is 11.1 Å². The van der Waals surface area contributed by atoms with E-state index < -0.39 is 15.0 Å². The molecule has 124 valence electrons. The zero-order chi connectivity index (χ0) is 19.2. The lowest BCUT2D eigenvalue weighted by Gasteiger charge is -2.57. The minimum absolute atomic E-state index is 0.0582. The maximum atomic E-state index is 8.12. The Morgan fingerprint density at radius 1 is 1.22 bits per heavy atom. The lowest BCUT2D eigenvalue weighted by atomic mass is 9.96. The number of hydrogen-bond donors (Lipinski definition) is 0. The SMILES string of the molecule is [2H]C([2H])([2H])N1C=C2N3c4c(cccc4C(C)(C)[Si]2(C(C)C)C(C)C)CC31. The third-order valence-corrected chi connectivity index (χ3v) is 14.1. The molecule has 3 heterocycles. The summed E-state index contributed by atoms with van der Waals surface area (Å²) in [6.07, 6.45) is 2.73. The summed E-state index contributed by atoms with van der Waals surface area (Å²) in [7, 11) is -2.08. The molecule has 1 aromatic carbocycles. The van der Waals surface area contributed by atoms with Crippen LogP contribution in [0.15, 0.2) is 29.7 Å². The highest BCUT2D eigenvalue weighted by Crippen LogP contribution is 2.62. The molecule has 0 fully saturated rings. The van der Waals surface area contributed by atoms with Crippen LogP contribution < -0.4 is 4.90 Å². The fourth-order valence-corrected chi connectivity index (χ4v) is 14.0. The van der Waals surface area contributed by atoms with Crippen molar-refractivity contribution in [2.45, 2.75) is 70.2 Å². The number of anilines is 1. The number of hydrogen-bond acceptors (Lipinski definition) is 2. The predicted octanol–water partition coefficient (Wildman–Crippen LogP) is 4.80. The average molecular weight is 330 g/mol. The lowest BCUT2D eigenvalue weighted by Crippen LogP contribution is -2.64. The first-order valence-corrected chi connectivity index (χ1v) is 11.0. The second-order valence-electron chi connectivity index (χ2n) is 8.59. The summed E-state index contributed by atoms with van der Waals surface area (Å²) in [5.41, 5.74) is 5.08. The lowest BCUT2D eigenvalue weighted by molar-refractivity contribution is 0.368. The van der Waals surface area contributed by atoms with Crippen molar-refractivity contribution < 1.29 is 4.11 Å². The normalized spacial score (nSPS) is 28.6. The Morgan fingerprint density at radius 3 is 2.52 bits per heavy atom. The summed E-state index contributed by atoms with van der Waals surface area (Å²) in [5, 5.41) is 1.40. The fourth-order valence-electron chi connectivity index (χ4n) is 6.32. The highest BCUT2D eigenvalue weighted by molar-refractivity contribution is 6.92. The minimum Gasteiger partial charge on any atom is -0.359 e. The molecule has 1 aromatic rings. The van der Waals surface area contributed by atoms with E-state index in [9.17, 15) is 0 Å². The third kappa shape index (κ3) is 1.50. The zero-order valence-corrected chi connectivity index (χ0v) is 16.1. The molecule has 0 radical (unpaired) electrons. The molecule has 4 rings (SSSR count). The first kappa shape index (κ1) is 12.2. The van der Waals surface area contributed by atoms with Gasteiger partial charge in [0, 0.05) is 34.7 Å². The van der Waals surface area contributed by atoms with Gasteiger partial charge < -0.3 is 9.80 Å². The van der Waals surface area contributed by atoms with E-state index in [-0.39, 0.29) is 11.2 Å². The predicted molar refractivity (Wildman–Crippen MR) is 101 cm³/mol. The second kappa shape index (κ2) is 4.44. The maximum Gasteiger partial charge on any atom is 0.125 e. The number of benzene rings is 1. The summed E-state index contributed by atoms with van der Waals surface area (Å²) < 4.78 is 24.3. The summed E-state index contributed by atoms with van der Waals surface area (Å²) in [4.78, 5) is 4.09. The van der Waals surface area contributed by atoms with Gasteiger partial charge in [0.2, 0.25) is 0 Å². The molecule has 1 atom stereocenters. The van der Waals surface area contributed by atoms with Gasteiger partial charge in [0.05, 0.1) is 0 Å². The molecule has 0 N–H and O–H groups in total. The molecule has 0 spiro atoms. The first-order chi connectivity index (χ1) is 12.0. The van der Waals surface area contributed by atoms with E-state index in [2.05, 4.69) is 64.6 Å². The van der Waals surface area contributed by atoms with E-state index in [1.54, 1.807) is 4.90 Å². The Morgan fingerprint density at radius 2 is 1.91 bits per heavy atom. The molecule has 0 aliphatic carbocycles. The zero-order valence-electron chi connectivity index (χ0n) is 18.1. The van der Waals surface area contributed by atoms with Gasteiger partial charge in [-0.1, -0.05) is 59.7 Å². The molecular weight excluding hydrogens is 296 g/mol. The Labute approximate surface area is 146 Å². The van der Waals surface area contributed by atoms with Crippen molar-refractivity contribution in [3.63, 3.8) is 0 Å². The van der Waals surface area contributed by atoms with Gasteiger partial charge in [-0.25, -0.2) is 0 Å². The van der Waals surface area contributed by atoms with Gasteiger partial charge >= 0.3 is 0 Å². The van der Waals surface area contributed by atoms with Crippen molar-refractivity contribution in [1.82, 2.24) is 4.90 Å². The van der Waals surface area contributed by atoms with Crippen molar-refractivity contribution in [2.75, 3.05) is 11.9 Å². The fraction of sp³-hybridized carbons (Fsp3) is 0.600. The van der Waals surface area contributed by atoms with Crippen LogP contribution >= 0.6 is 0 Å². The highest BCUT2D eigenvalue weighted by Gasteiger charge is 2.63. The summed E-state index contributed by atoms with van der Waals surface area (Å²) in [6, 6.07) is 6.65. The molecule has 23 heavy (non-hydrogen) atoms. The van der Waals surface area contributed by atoms with Crippen LogP contribution in [-0.2, 0) is 11.5 Å².